The van der Waals surface area contributed by atoms with Crippen LogP contribution in [0.5, 0.6) is 17.2 Å². The summed E-state index contributed by atoms with van der Waals surface area (Å²) in [7, 11) is 4.76. The zero-order valence-electron chi connectivity index (χ0n) is 18.2. The van der Waals surface area contributed by atoms with Crippen LogP contribution in [-0.4, -0.2) is 62.9 Å². The number of carbonyl (C=O) groups excluding carboxylic acids is 1. The van der Waals surface area contributed by atoms with E-state index in [-0.39, 0.29) is 23.8 Å². The molecule has 1 fully saturated rings. The molecule has 0 radical (unpaired) electrons. The molecule has 29 heavy (non-hydrogen) atoms. The third-order valence-corrected chi connectivity index (χ3v) is 5.40. The predicted octanol–water partition coefficient (Wildman–Crippen LogP) is 2.54. The first-order valence-electron chi connectivity index (χ1n) is 9.99. The summed E-state index contributed by atoms with van der Waals surface area (Å²) in [5.74, 6) is 1.47. The number of nitrogens with zero attached hydrogens (tertiary/aromatic N) is 1. The second-order valence-electron chi connectivity index (χ2n) is 7.47. The Kier molecular flexibility index (Phi) is 8.37. The van der Waals surface area contributed by atoms with E-state index in [4.69, 9.17) is 26.4 Å². The number of amides is 1. The smallest absolute Gasteiger partial charge is 0.225 e. The zero-order valence-corrected chi connectivity index (χ0v) is 19.0. The Labute approximate surface area is 179 Å². The molecule has 162 valence electrons. The van der Waals surface area contributed by atoms with E-state index in [2.05, 4.69) is 15.5 Å². The first-order chi connectivity index (χ1) is 13.9. The van der Waals surface area contributed by atoms with Crippen LogP contribution in [0.3, 0.4) is 0 Å². The average molecular weight is 424 g/mol. The third-order valence-electron chi connectivity index (χ3n) is 5.02. The summed E-state index contributed by atoms with van der Waals surface area (Å²) < 4.78 is 16.5. The van der Waals surface area contributed by atoms with Gasteiger partial charge in [0.15, 0.2) is 16.6 Å². The minimum Gasteiger partial charge on any atom is -0.493 e. The molecular weight excluding hydrogens is 390 g/mol. The molecule has 1 aromatic carbocycles. The molecule has 1 amide bonds. The van der Waals surface area contributed by atoms with E-state index in [0.717, 1.165) is 12.0 Å². The van der Waals surface area contributed by atoms with Gasteiger partial charge in [-0.25, -0.2) is 0 Å². The van der Waals surface area contributed by atoms with Crippen LogP contribution in [0, 0.1) is 5.92 Å². The van der Waals surface area contributed by atoms with Gasteiger partial charge >= 0.3 is 0 Å². The fraction of sp³-hybridized carbons (Fsp3) is 0.619. The highest BCUT2D eigenvalue weighted by atomic mass is 32.1. The van der Waals surface area contributed by atoms with Gasteiger partial charge in [-0.15, -0.1) is 0 Å². The lowest BCUT2D eigenvalue weighted by atomic mass is 9.88. The van der Waals surface area contributed by atoms with Crippen molar-refractivity contribution in [1.82, 2.24) is 15.5 Å². The van der Waals surface area contributed by atoms with Crippen molar-refractivity contribution < 1.29 is 19.0 Å². The Morgan fingerprint density at radius 2 is 1.79 bits per heavy atom. The van der Waals surface area contributed by atoms with E-state index in [1.807, 2.05) is 32.9 Å². The van der Waals surface area contributed by atoms with Crippen molar-refractivity contribution >= 4 is 23.2 Å². The number of nitrogens with one attached hydrogen (secondary N) is 2. The number of ether oxygens (including phenoxy) is 3. The maximum atomic E-state index is 12.9. The van der Waals surface area contributed by atoms with Gasteiger partial charge in [0.05, 0.1) is 27.2 Å². The molecule has 1 aromatic rings. The minimum atomic E-state index is -0.226. The molecule has 0 spiro atoms. The molecule has 1 heterocycles. The van der Waals surface area contributed by atoms with Crippen molar-refractivity contribution in [3.05, 3.63) is 17.7 Å². The van der Waals surface area contributed by atoms with E-state index < -0.39 is 0 Å². The van der Waals surface area contributed by atoms with Crippen LogP contribution in [0.1, 0.15) is 38.7 Å². The molecule has 0 aromatic heterocycles. The van der Waals surface area contributed by atoms with Crippen molar-refractivity contribution in [3.63, 3.8) is 0 Å². The Balaban J connectivity index is 2.39. The summed E-state index contributed by atoms with van der Waals surface area (Å²) in [5.41, 5.74) is 0.964. The lowest BCUT2D eigenvalue weighted by Crippen LogP contribution is -2.42. The molecule has 2 unspecified atom stereocenters. The van der Waals surface area contributed by atoms with E-state index in [1.165, 1.54) is 0 Å². The molecular formula is C21H33N3O4S. The number of likely N-dealkylation sites (tertiary alicyclic amines) is 1. The van der Waals surface area contributed by atoms with E-state index in [1.54, 1.807) is 21.3 Å². The molecule has 1 aliphatic heterocycles. The van der Waals surface area contributed by atoms with Gasteiger partial charge in [0, 0.05) is 31.6 Å². The van der Waals surface area contributed by atoms with E-state index in [0.29, 0.717) is 42.0 Å². The molecule has 0 saturated carbocycles. The Morgan fingerprint density at radius 3 is 2.28 bits per heavy atom. The number of rotatable bonds is 8. The number of hydrogen-bond acceptors (Lipinski definition) is 5. The number of methoxy groups -OCH3 is 3. The maximum Gasteiger partial charge on any atom is 0.225 e. The van der Waals surface area contributed by atoms with E-state index >= 15 is 0 Å². The molecule has 0 bridgehead atoms. The molecule has 8 heteroatoms. The van der Waals surface area contributed by atoms with Gasteiger partial charge in [-0.05, 0) is 50.2 Å². The van der Waals surface area contributed by atoms with Crippen molar-refractivity contribution in [2.75, 3.05) is 41.0 Å². The summed E-state index contributed by atoms with van der Waals surface area (Å²) >= 11 is 5.57. The Morgan fingerprint density at radius 1 is 1.17 bits per heavy atom. The van der Waals surface area contributed by atoms with Crippen molar-refractivity contribution in [2.45, 2.75) is 39.2 Å². The normalized spacial score (nSPS) is 18.5. The number of hydrogen-bond donors (Lipinski definition) is 2. The lowest BCUT2D eigenvalue weighted by molar-refractivity contribution is -0.124. The number of carbonyl (C=O) groups is 1. The standard InChI is InChI=1S/C21H33N3O4S/c1-7-8-22-20(25)16-12-24(21(29)23-13(2)3)11-15(16)14-9-17(26-4)19(28-6)18(10-14)27-5/h9-10,13,15-16H,7-8,11-12H2,1-6H3,(H,22,25)(H,23,29). The molecule has 2 N–H and O–H groups in total. The molecule has 2 atom stereocenters. The third kappa shape index (κ3) is 5.44. The Hall–Kier alpha value is -2.22. The maximum absolute atomic E-state index is 12.9. The predicted molar refractivity (Wildman–Crippen MR) is 118 cm³/mol. The topological polar surface area (TPSA) is 72.1 Å². The summed E-state index contributed by atoms with van der Waals surface area (Å²) in [6, 6.07) is 4.08. The second kappa shape index (κ2) is 10.5. The van der Waals surface area contributed by atoms with Gasteiger partial charge in [-0.3, -0.25) is 4.79 Å². The molecule has 7 nitrogen and oxygen atoms in total. The van der Waals surface area contributed by atoms with Crippen LogP contribution in [0.2, 0.25) is 0 Å². The van der Waals surface area contributed by atoms with Crippen molar-refractivity contribution in [2.24, 2.45) is 5.92 Å². The molecule has 2 rings (SSSR count). The van der Waals surface area contributed by atoms with E-state index in [9.17, 15) is 4.79 Å². The highest BCUT2D eigenvalue weighted by molar-refractivity contribution is 7.80. The highest BCUT2D eigenvalue weighted by Gasteiger charge is 2.40. The first kappa shape index (κ1) is 23.1. The zero-order chi connectivity index (χ0) is 21.6. The fourth-order valence-corrected chi connectivity index (χ4v) is 3.99. The van der Waals surface area contributed by atoms with Gasteiger partial charge in [0.2, 0.25) is 11.7 Å². The van der Waals surface area contributed by atoms with Crippen LogP contribution in [0.25, 0.3) is 0 Å². The Bertz CT molecular complexity index is 701. The monoisotopic (exact) mass is 423 g/mol. The van der Waals surface area contributed by atoms with Crippen LogP contribution >= 0.6 is 12.2 Å². The molecule has 1 saturated heterocycles. The van der Waals surface area contributed by atoms with Gasteiger partial charge in [-0.2, -0.15) is 0 Å². The van der Waals surface area contributed by atoms with Gasteiger partial charge < -0.3 is 29.7 Å². The fourth-order valence-electron chi connectivity index (χ4n) is 3.61. The van der Waals surface area contributed by atoms with Crippen molar-refractivity contribution in [3.8, 4) is 17.2 Å². The summed E-state index contributed by atoms with van der Waals surface area (Å²) in [4.78, 5) is 15.0. The van der Waals surface area contributed by atoms with Crippen LogP contribution < -0.4 is 24.8 Å². The number of benzene rings is 1. The number of thiocarbonyl (C=S) groups is 1. The van der Waals surface area contributed by atoms with Crippen LogP contribution in [0.15, 0.2) is 12.1 Å². The molecule has 1 aliphatic rings. The second-order valence-corrected chi connectivity index (χ2v) is 7.86. The first-order valence-corrected chi connectivity index (χ1v) is 10.4. The van der Waals surface area contributed by atoms with Crippen LogP contribution in [-0.2, 0) is 4.79 Å². The average Bonchev–Trinajstić information content (AvgIpc) is 3.16. The highest BCUT2D eigenvalue weighted by Crippen LogP contribution is 2.43. The van der Waals surface area contributed by atoms with Crippen LogP contribution in [0.4, 0.5) is 0 Å². The van der Waals surface area contributed by atoms with Crippen molar-refractivity contribution in [1.29, 1.82) is 0 Å². The summed E-state index contributed by atoms with van der Waals surface area (Å²) in [6.07, 6.45) is 0.893. The summed E-state index contributed by atoms with van der Waals surface area (Å²) in [6.45, 7) is 8.00. The quantitative estimate of drug-likeness (QED) is 0.623. The minimum absolute atomic E-state index is 0.0421. The van der Waals surface area contributed by atoms with Gasteiger partial charge in [0.1, 0.15) is 0 Å². The van der Waals surface area contributed by atoms with Gasteiger partial charge in [-0.1, -0.05) is 6.92 Å². The molecule has 0 aliphatic carbocycles. The van der Waals surface area contributed by atoms with Gasteiger partial charge in [0.25, 0.3) is 0 Å². The summed E-state index contributed by atoms with van der Waals surface area (Å²) in [5, 5.41) is 6.99. The SMILES string of the molecule is CCCNC(=O)C1CN(C(=S)NC(C)C)CC1c1cc(OC)c(OC)c(OC)c1. The lowest BCUT2D eigenvalue weighted by Gasteiger charge is -2.22. The largest absolute Gasteiger partial charge is 0.493 e.